The zero-order valence-corrected chi connectivity index (χ0v) is 13.1. The van der Waals surface area contributed by atoms with Gasteiger partial charge in [0.15, 0.2) is 0 Å². The highest BCUT2D eigenvalue weighted by molar-refractivity contribution is 5.36. The average molecular weight is 259 g/mol. The molecule has 1 aliphatic rings. The predicted octanol–water partition coefficient (Wildman–Crippen LogP) is 4.92. The van der Waals surface area contributed by atoms with Crippen molar-refractivity contribution in [2.75, 3.05) is 6.54 Å². The third-order valence-electron chi connectivity index (χ3n) is 5.06. The summed E-state index contributed by atoms with van der Waals surface area (Å²) in [7, 11) is 0. The molecular weight excluding hydrogens is 230 g/mol. The fourth-order valence-electron chi connectivity index (χ4n) is 3.67. The predicted molar refractivity (Wildman–Crippen MR) is 83.5 cm³/mol. The van der Waals surface area contributed by atoms with Gasteiger partial charge in [-0.25, -0.2) is 0 Å². The summed E-state index contributed by atoms with van der Waals surface area (Å²) in [4.78, 5) is 0. The molecule has 0 aromatic heterocycles. The Balaban J connectivity index is 2.36. The summed E-state index contributed by atoms with van der Waals surface area (Å²) in [5, 5.41) is 3.78. The maximum absolute atomic E-state index is 3.78. The molecule has 1 saturated carbocycles. The molecule has 1 heteroatoms. The first kappa shape index (κ1) is 14.6. The Morgan fingerprint density at radius 2 is 1.84 bits per heavy atom. The first-order valence-electron chi connectivity index (χ1n) is 7.88. The molecule has 0 bridgehead atoms. The van der Waals surface area contributed by atoms with Crippen molar-refractivity contribution in [2.45, 2.75) is 65.8 Å². The first-order chi connectivity index (χ1) is 9.08. The third kappa shape index (κ3) is 3.02. The Labute approximate surface area is 118 Å². The van der Waals surface area contributed by atoms with Crippen molar-refractivity contribution in [1.82, 2.24) is 5.32 Å². The monoisotopic (exact) mass is 259 g/mol. The van der Waals surface area contributed by atoms with E-state index >= 15 is 0 Å². The van der Waals surface area contributed by atoms with Gasteiger partial charge in [-0.1, -0.05) is 51.3 Å². The third-order valence-corrected chi connectivity index (χ3v) is 5.06. The molecule has 0 amide bonds. The summed E-state index contributed by atoms with van der Waals surface area (Å²) >= 11 is 0. The minimum Gasteiger partial charge on any atom is -0.310 e. The lowest BCUT2D eigenvalue weighted by Gasteiger charge is -2.42. The lowest BCUT2D eigenvalue weighted by Crippen LogP contribution is -2.38. The van der Waals surface area contributed by atoms with Crippen molar-refractivity contribution < 1.29 is 0 Å². The summed E-state index contributed by atoms with van der Waals surface area (Å²) in [5.74, 6) is 0. The highest BCUT2D eigenvalue weighted by atomic mass is 14.9. The van der Waals surface area contributed by atoms with E-state index in [-0.39, 0.29) is 0 Å². The molecule has 0 radical (unpaired) electrons. The molecular formula is C18H29N. The van der Waals surface area contributed by atoms with Crippen LogP contribution in [0.1, 0.15) is 68.7 Å². The minimum absolute atomic E-state index is 0.423. The van der Waals surface area contributed by atoms with Crippen LogP contribution in [0.5, 0.6) is 0 Å². The molecule has 1 nitrogen and oxygen atoms in total. The summed E-state index contributed by atoms with van der Waals surface area (Å²) in [6.45, 7) is 10.3. The van der Waals surface area contributed by atoms with Gasteiger partial charge in [-0.2, -0.15) is 0 Å². The van der Waals surface area contributed by atoms with Gasteiger partial charge >= 0.3 is 0 Å². The highest BCUT2D eigenvalue weighted by Gasteiger charge is 2.36. The van der Waals surface area contributed by atoms with E-state index in [1.165, 1.54) is 48.8 Å². The molecule has 1 aliphatic carbocycles. The summed E-state index contributed by atoms with van der Waals surface area (Å²) in [5.41, 5.74) is 4.83. The van der Waals surface area contributed by atoms with Gasteiger partial charge < -0.3 is 5.32 Å². The van der Waals surface area contributed by atoms with E-state index in [9.17, 15) is 0 Å². The molecule has 1 atom stereocenters. The molecule has 1 N–H and O–H groups in total. The summed E-state index contributed by atoms with van der Waals surface area (Å²) < 4.78 is 0. The van der Waals surface area contributed by atoms with Crippen molar-refractivity contribution in [2.24, 2.45) is 5.41 Å². The number of benzene rings is 1. The van der Waals surface area contributed by atoms with Gasteiger partial charge in [0.25, 0.3) is 0 Å². The second-order valence-electron chi connectivity index (χ2n) is 6.49. The van der Waals surface area contributed by atoms with Crippen LogP contribution in [0.2, 0.25) is 0 Å². The van der Waals surface area contributed by atoms with Crippen LogP contribution in [0.3, 0.4) is 0 Å². The van der Waals surface area contributed by atoms with Crippen molar-refractivity contribution >= 4 is 0 Å². The molecule has 0 aliphatic heterocycles. The first-order valence-corrected chi connectivity index (χ1v) is 7.88. The minimum atomic E-state index is 0.423. The molecule has 0 spiro atoms. The number of hydrogen-bond donors (Lipinski definition) is 1. The number of hydrogen-bond acceptors (Lipinski definition) is 1. The number of rotatable bonds is 4. The Kier molecular flexibility index (Phi) is 4.67. The van der Waals surface area contributed by atoms with Gasteiger partial charge in [-0.3, -0.25) is 0 Å². The fourth-order valence-corrected chi connectivity index (χ4v) is 3.67. The van der Waals surface area contributed by atoms with Crippen LogP contribution in [0.15, 0.2) is 18.2 Å². The molecule has 1 unspecified atom stereocenters. The van der Waals surface area contributed by atoms with Crippen LogP contribution in [0.4, 0.5) is 0 Å². The molecule has 106 valence electrons. The van der Waals surface area contributed by atoms with E-state index in [0.717, 1.165) is 6.54 Å². The van der Waals surface area contributed by atoms with Gasteiger partial charge in [-0.05, 0) is 55.3 Å². The van der Waals surface area contributed by atoms with Crippen LogP contribution in [0, 0.1) is 19.3 Å². The van der Waals surface area contributed by atoms with E-state index < -0.39 is 0 Å². The van der Waals surface area contributed by atoms with Gasteiger partial charge in [0.05, 0.1) is 0 Å². The summed E-state index contributed by atoms with van der Waals surface area (Å²) in [6, 6.07) is 7.28. The quantitative estimate of drug-likeness (QED) is 0.809. The fraction of sp³-hybridized carbons (Fsp3) is 0.667. The molecule has 0 saturated heterocycles. The van der Waals surface area contributed by atoms with Crippen molar-refractivity contribution in [3.63, 3.8) is 0 Å². The zero-order chi connectivity index (χ0) is 13.9. The molecule has 0 heterocycles. The standard InChI is InChI=1S/C18H29N/c1-5-19-17(18(4)12-7-6-8-13-18)16-11-9-10-14(2)15(16)3/h9-11,17,19H,5-8,12-13H2,1-4H3. The lowest BCUT2D eigenvalue weighted by atomic mass is 9.68. The van der Waals surface area contributed by atoms with E-state index in [1.807, 2.05) is 0 Å². The van der Waals surface area contributed by atoms with Crippen molar-refractivity contribution in [1.29, 1.82) is 0 Å². The zero-order valence-electron chi connectivity index (χ0n) is 13.1. The summed E-state index contributed by atoms with van der Waals surface area (Å²) in [6.07, 6.45) is 6.92. The van der Waals surface area contributed by atoms with Gasteiger partial charge in [0.1, 0.15) is 0 Å². The Morgan fingerprint density at radius 1 is 1.16 bits per heavy atom. The van der Waals surface area contributed by atoms with Crippen LogP contribution < -0.4 is 5.32 Å². The van der Waals surface area contributed by atoms with Crippen LogP contribution >= 0.6 is 0 Å². The molecule has 1 fully saturated rings. The van der Waals surface area contributed by atoms with Crippen LogP contribution in [0.25, 0.3) is 0 Å². The van der Waals surface area contributed by atoms with Crippen LogP contribution in [-0.2, 0) is 0 Å². The largest absolute Gasteiger partial charge is 0.310 e. The van der Waals surface area contributed by atoms with Gasteiger partial charge in [0.2, 0.25) is 0 Å². The topological polar surface area (TPSA) is 12.0 Å². The van der Waals surface area contributed by atoms with E-state index in [1.54, 1.807) is 0 Å². The number of nitrogens with one attached hydrogen (secondary N) is 1. The Hall–Kier alpha value is -0.820. The van der Waals surface area contributed by atoms with Gasteiger partial charge in [0, 0.05) is 6.04 Å². The normalized spacial score (nSPS) is 20.2. The van der Waals surface area contributed by atoms with Crippen molar-refractivity contribution in [3.8, 4) is 0 Å². The Bertz CT molecular complexity index is 416. The molecule has 1 aromatic carbocycles. The smallest absolute Gasteiger partial charge is 0.0377 e. The van der Waals surface area contributed by atoms with Crippen molar-refractivity contribution in [3.05, 3.63) is 34.9 Å². The number of aryl methyl sites for hydroxylation is 1. The lowest BCUT2D eigenvalue weighted by molar-refractivity contribution is 0.145. The maximum atomic E-state index is 3.78. The van der Waals surface area contributed by atoms with Gasteiger partial charge in [-0.15, -0.1) is 0 Å². The second kappa shape index (κ2) is 6.09. The SMILES string of the molecule is CCNC(c1cccc(C)c1C)C1(C)CCCCC1. The van der Waals surface area contributed by atoms with E-state index in [0.29, 0.717) is 11.5 Å². The Morgan fingerprint density at radius 3 is 2.47 bits per heavy atom. The van der Waals surface area contributed by atoms with E-state index in [4.69, 9.17) is 0 Å². The molecule has 19 heavy (non-hydrogen) atoms. The maximum Gasteiger partial charge on any atom is 0.0377 e. The second-order valence-corrected chi connectivity index (χ2v) is 6.49. The highest BCUT2D eigenvalue weighted by Crippen LogP contribution is 2.46. The average Bonchev–Trinajstić information content (AvgIpc) is 2.40. The van der Waals surface area contributed by atoms with E-state index in [2.05, 4.69) is 51.2 Å². The van der Waals surface area contributed by atoms with Crippen LogP contribution in [-0.4, -0.2) is 6.54 Å². The molecule has 2 rings (SSSR count). The molecule has 1 aromatic rings.